The van der Waals surface area contributed by atoms with E-state index >= 15 is 4.39 Å². The fourth-order valence-electron chi connectivity index (χ4n) is 3.70. The summed E-state index contributed by atoms with van der Waals surface area (Å²) in [5, 5.41) is 4.25. The van der Waals surface area contributed by atoms with Crippen molar-refractivity contribution in [1.82, 2.24) is 24.4 Å². The summed E-state index contributed by atoms with van der Waals surface area (Å²) in [6, 6.07) is 7.11. The predicted octanol–water partition coefficient (Wildman–Crippen LogP) is 4.77. The van der Waals surface area contributed by atoms with Crippen LogP contribution in [0.2, 0.25) is 0 Å². The quantitative estimate of drug-likeness (QED) is 0.262. The number of rotatable bonds is 8. The maximum atomic E-state index is 15.3. The van der Waals surface area contributed by atoms with E-state index in [9.17, 15) is 17.6 Å². The average molecular weight is 559 g/mol. The van der Waals surface area contributed by atoms with Crippen LogP contribution in [0.1, 0.15) is 28.7 Å². The highest BCUT2D eigenvalue weighted by Gasteiger charge is 2.27. The summed E-state index contributed by atoms with van der Waals surface area (Å²) in [4.78, 5) is 26.3. The first kappa shape index (κ1) is 25.6. The molecule has 0 fully saturated rings. The smallest absolute Gasteiger partial charge is 0.301 e. The Kier molecular flexibility index (Phi) is 6.54. The number of fused-ring (bicyclic) bond motifs is 1. The van der Waals surface area contributed by atoms with Crippen molar-refractivity contribution in [3.63, 3.8) is 0 Å². The molecule has 4 aromatic heterocycles. The Balaban J connectivity index is 1.52. The molecule has 0 atom stereocenters. The van der Waals surface area contributed by atoms with Crippen molar-refractivity contribution in [3.8, 4) is 21.1 Å². The monoisotopic (exact) mass is 558 g/mol. The Morgan fingerprint density at radius 2 is 1.97 bits per heavy atom. The zero-order chi connectivity index (χ0) is 27.2. The largest absolute Gasteiger partial charge is 0.345 e. The number of pyridine rings is 1. The number of ketones is 1. The molecule has 0 bridgehead atoms. The van der Waals surface area contributed by atoms with E-state index in [2.05, 4.69) is 24.8 Å². The Bertz CT molecular complexity index is 1790. The lowest BCUT2D eigenvalue weighted by Crippen LogP contribution is -2.32. The topological polar surface area (TPSA) is 134 Å². The van der Waals surface area contributed by atoms with Gasteiger partial charge in [0, 0.05) is 54.3 Å². The van der Waals surface area contributed by atoms with Crippen molar-refractivity contribution in [2.45, 2.75) is 13.8 Å². The number of benzene rings is 1. The van der Waals surface area contributed by atoms with Gasteiger partial charge in [-0.25, -0.2) is 13.8 Å². The maximum Gasteiger partial charge on any atom is 0.301 e. The highest BCUT2D eigenvalue weighted by atomic mass is 32.2. The van der Waals surface area contributed by atoms with Gasteiger partial charge in [0.1, 0.15) is 11.5 Å². The normalized spacial score (nSPS) is 11.9. The van der Waals surface area contributed by atoms with Crippen LogP contribution in [0.15, 0.2) is 47.2 Å². The van der Waals surface area contributed by atoms with Crippen molar-refractivity contribution < 1.29 is 26.5 Å². The molecule has 2 N–H and O–H groups in total. The van der Waals surface area contributed by atoms with Crippen molar-refractivity contribution in [2.24, 2.45) is 0 Å². The first-order valence-electron chi connectivity index (χ1n) is 11.2. The second-order valence-corrected chi connectivity index (χ2v) is 11.1. The predicted molar refractivity (Wildman–Crippen MR) is 138 cm³/mol. The molecular weight excluding hydrogens is 538 g/mol. The minimum Gasteiger partial charge on any atom is -0.345 e. The highest BCUT2D eigenvalue weighted by molar-refractivity contribution is 7.90. The number of carbonyl (C=O) groups excluding carboxylic acids is 1. The molecule has 0 amide bonds. The second kappa shape index (κ2) is 9.70. The highest BCUT2D eigenvalue weighted by Crippen LogP contribution is 2.35. The van der Waals surface area contributed by atoms with E-state index in [1.165, 1.54) is 24.6 Å². The number of aromatic nitrogens is 4. The molecule has 10 nitrogen and oxygen atoms in total. The Morgan fingerprint density at radius 1 is 1.21 bits per heavy atom. The first-order chi connectivity index (χ1) is 18.1. The summed E-state index contributed by atoms with van der Waals surface area (Å²) in [5.74, 6) is -2.54. The Hall–Kier alpha value is -4.01. The molecule has 5 aromatic rings. The molecule has 0 saturated carbocycles. The van der Waals surface area contributed by atoms with Crippen LogP contribution in [0.25, 0.3) is 32.2 Å². The van der Waals surface area contributed by atoms with Gasteiger partial charge in [-0.2, -0.15) is 17.7 Å². The van der Waals surface area contributed by atoms with Crippen LogP contribution in [0.5, 0.6) is 0 Å². The summed E-state index contributed by atoms with van der Waals surface area (Å²) in [5.41, 5.74) is -0.459. The number of anilines is 1. The summed E-state index contributed by atoms with van der Waals surface area (Å²) in [7, 11) is -2.81. The maximum absolute atomic E-state index is 15.3. The zero-order valence-electron chi connectivity index (χ0n) is 20.2. The number of H-pyrrole nitrogens is 1. The van der Waals surface area contributed by atoms with Gasteiger partial charge >= 0.3 is 10.2 Å². The standard InChI is InChI=1S/C24H20F2N6O4S2/c1-4-32(3)38(34,35)31-17-6-5-16(25)20(21(17)26)22(33)15-11-28-23-14(15)9-13(10-27-23)18-7-8-19(37-18)24-29-12(2)36-30-24/h5-11,31H,4H2,1-3H3,(H,27,28). The number of thiophene rings is 1. The molecule has 1 aromatic carbocycles. The SMILES string of the molecule is CCN(C)S(=O)(=O)Nc1ccc(F)c(C(=O)c2c[nH]c3ncc(-c4ccc(-c5noc(C)n5)s4)cc23)c1F. The number of halogens is 2. The molecule has 0 saturated heterocycles. The van der Waals surface area contributed by atoms with Gasteiger partial charge in [0.2, 0.25) is 17.5 Å². The minimum atomic E-state index is -4.10. The van der Waals surface area contributed by atoms with E-state index in [0.29, 0.717) is 28.3 Å². The van der Waals surface area contributed by atoms with Gasteiger partial charge < -0.3 is 9.51 Å². The molecule has 196 valence electrons. The number of nitrogens with one attached hydrogen (secondary N) is 2. The third kappa shape index (κ3) is 4.57. The first-order valence-corrected chi connectivity index (χ1v) is 13.5. The van der Waals surface area contributed by atoms with Gasteiger partial charge in [-0.15, -0.1) is 11.3 Å². The van der Waals surface area contributed by atoms with E-state index < -0.39 is 38.9 Å². The molecule has 0 radical (unpaired) electrons. The third-order valence-electron chi connectivity index (χ3n) is 5.83. The minimum absolute atomic E-state index is 0.0246. The summed E-state index contributed by atoms with van der Waals surface area (Å²) in [6.45, 7) is 3.40. The molecule has 14 heteroatoms. The fraction of sp³-hybridized carbons (Fsp3) is 0.167. The lowest BCUT2D eigenvalue weighted by Gasteiger charge is -2.17. The van der Waals surface area contributed by atoms with Crippen LogP contribution in [0.3, 0.4) is 0 Å². The van der Waals surface area contributed by atoms with Crippen molar-refractivity contribution >= 4 is 44.1 Å². The molecule has 0 aliphatic carbocycles. The van der Waals surface area contributed by atoms with Crippen LogP contribution in [-0.4, -0.2) is 52.2 Å². The van der Waals surface area contributed by atoms with Gasteiger partial charge in [-0.1, -0.05) is 12.1 Å². The lowest BCUT2D eigenvalue weighted by molar-refractivity contribution is 0.103. The van der Waals surface area contributed by atoms with E-state index in [-0.39, 0.29) is 12.1 Å². The Morgan fingerprint density at radius 3 is 2.68 bits per heavy atom. The van der Waals surface area contributed by atoms with Gasteiger partial charge in [-0.3, -0.25) is 9.52 Å². The second-order valence-electron chi connectivity index (χ2n) is 8.26. The van der Waals surface area contributed by atoms with E-state index in [4.69, 9.17) is 4.52 Å². The number of aryl methyl sites for hydroxylation is 1. The Labute approximate surface area is 219 Å². The van der Waals surface area contributed by atoms with Crippen molar-refractivity contribution in [1.29, 1.82) is 0 Å². The van der Waals surface area contributed by atoms with Crippen LogP contribution in [0, 0.1) is 18.6 Å². The van der Waals surface area contributed by atoms with Crippen molar-refractivity contribution in [2.75, 3.05) is 18.3 Å². The summed E-state index contributed by atoms with van der Waals surface area (Å²) < 4.78 is 62.8. The van der Waals surface area contributed by atoms with Crippen LogP contribution in [-0.2, 0) is 10.2 Å². The fourth-order valence-corrected chi connectivity index (χ4v) is 5.54. The van der Waals surface area contributed by atoms with Crippen LogP contribution < -0.4 is 4.72 Å². The summed E-state index contributed by atoms with van der Waals surface area (Å²) in [6.07, 6.45) is 2.91. The molecule has 0 unspecified atom stereocenters. The number of carbonyl (C=O) groups is 1. The van der Waals surface area contributed by atoms with Crippen molar-refractivity contribution in [3.05, 3.63) is 71.4 Å². The molecule has 5 rings (SSSR count). The average Bonchev–Trinajstić information content (AvgIpc) is 3.64. The number of nitrogens with zero attached hydrogens (tertiary/aromatic N) is 4. The zero-order valence-corrected chi connectivity index (χ0v) is 21.9. The van der Waals surface area contributed by atoms with E-state index in [1.54, 1.807) is 26.1 Å². The van der Waals surface area contributed by atoms with E-state index in [1.807, 2.05) is 12.1 Å². The van der Waals surface area contributed by atoms with Gasteiger partial charge in [-0.05, 0) is 30.3 Å². The van der Waals surface area contributed by atoms with Gasteiger partial charge in [0.25, 0.3) is 0 Å². The lowest BCUT2D eigenvalue weighted by atomic mass is 10.0. The summed E-state index contributed by atoms with van der Waals surface area (Å²) >= 11 is 1.38. The molecular formula is C24H20F2N6O4S2. The van der Waals surface area contributed by atoms with Gasteiger partial charge in [0.15, 0.2) is 5.82 Å². The van der Waals surface area contributed by atoms with Gasteiger partial charge in [0.05, 0.1) is 16.1 Å². The molecule has 4 heterocycles. The molecule has 38 heavy (non-hydrogen) atoms. The van der Waals surface area contributed by atoms with Crippen LogP contribution in [0.4, 0.5) is 14.5 Å². The van der Waals surface area contributed by atoms with Crippen LogP contribution >= 0.6 is 11.3 Å². The van der Waals surface area contributed by atoms with E-state index in [0.717, 1.165) is 26.2 Å². The molecule has 0 spiro atoms. The molecule has 0 aliphatic rings. The number of hydrogen-bond acceptors (Lipinski definition) is 8. The number of aromatic amines is 1. The molecule has 0 aliphatic heterocycles. The third-order valence-corrected chi connectivity index (χ3v) is 8.51. The number of hydrogen-bond donors (Lipinski definition) is 2.